The number of nitrogens with one attached hydrogen (secondary N) is 1. The SMILES string of the molecule is O=C(O)[C@@H](Cc1ccccc1)NS(=O)(=O)C1CC1. The van der Waals surface area contributed by atoms with Crippen molar-refractivity contribution in [2.45, 2.75) is 30.6 Å². The molecule has 18 heavy (non-hydrogen) atoms. The summed E-state index contributed by atoms with van der Waals surface area (Å²) >= 11 is 0. The molecule has 1 atom stereocenters. The second-order valence-electron chi connectivity index (χ2n) is 4.44. The van der Waals surface area contributed by atoms with Gasteiger partial charge in [0.15, 0.2) is 0 Å². The zero-order valence-electron chi connectivity index (χ0n) is 9.74. The van der Waals surface area contributed by atoms with Crippen LogP contribution in [0.4, 0.5) is 0 Å². The molecular weight excluding hydrogens is 254 g/mol. The maximum absolute atomic E-state index is 11.7. The number of carboxylic acid groups (broad SMARTS) is 1. The zero-order valence-corrected chi connectivity index (χ0v) is 10.6. The van der Waals surface area contributed by atoms with Crippen LogP contribution in [0, 0.1) is 0 Å². The number of benzene rings is 1. The highest BCUT2D eigenvalue weighted by Crippen LogP contribution is 2.27. The number of hydrogen-bond donors (Lipinski definition) is 2. The predicted octanol–water partition coefficient (Wildman–Crippen LogP) is 0.764. The Morgan fingerprint density at radius 3 is 2.44 bits per heavy atom. The molecule has 2 rings (SSSR count). The summed E-state index contributed by atoms with van der Waals surface area (Å²) in [5.41, 5.74) is 0.795. The second kappa shape index (κ2) is 5.07. The molecule has 1 fully saturated rings. The van der Waals surface area contributed by atoms with Crippen molar-refractivity contribution >= 4 is 16.0 Å². The fourth-order valence-corrected chi connectivity index (χ4v) is 3.23. The normalized spacial score (nSPS) is 17.3. The van der Waals surface area contributed by atoms with Gasteiger partial charge in [0, 0.05) is 0 Å². The Hall–Kier alpha value is -1.40. The highest BCUT2D eigenvalue weighted by molar-refractivity contribution is 7.90. The van der Waals surface area contributed by atoms with Gasteiger partial charge >= 0.3 is 5.97 Å². The minimum absolute atomic E-state index is 0.155. The quantitative estimate of drug-likeness (QED) is 0.798. The summed E-state index contributed by atoms with van der Waals surface area (Å²) in [4.78, 5) is 11.1. The first-order valence-electron chi connectivity index (χ1n) is 5.77. The van der Waals surface area contributed by atoms with E-state index in [1.165, 1.54) is 0 Å². The van der Waals surface area contributed by atoms with Gasteiger partial charge in [-0.3, -0.25) is 4.79 Å². The molecule has 0 amide bonds. The summed E-state index contributed by atoms with van der Waals surface area (Å²) in [6.45, 7) is 0. The van der Waals surface area contributed by atoms with E-state index in [4.69, 9.17) is 5.11 Å². The fourth-order valence-electron chi connectivity index (χ4n) is 1.70. The summed E-state index contributed by atoms with van der Waals surface area (Å²) in [6, 6.07) is 7.88. The van der Waals surface area contributed by atoms with E-state index >= 15 is 0 Å². The van der Waals surface area contributed by atoms with Crippen molar-refractivity contribution in [3.63, 3.8) is 0 Å². The maximum Gasteiger partial charge on any atom is 0.322 e. The van der Waals surface area contributed by atoms with Gasteiger partial charge in [0.1, 0.15) is 6.04 Å². The van der Waals surface area contributed by atoms with Crippen LogP contribution in [0.3, 0.4) is 0 Å². The highest BCUT2D eigenvalue weighted by Gasteiger charge is 2.38. The summed E-state index contributed by atoms with van der Waals surface area (Å²) in [6.07, 6.45) is 1.39. The van der Waals surface area contributed by atoms with Crippen molar-refractivity contribution in [2.24, 2.45) is 0 Å². The molecule has 0 aliphatic heterocycles. The van der Waals surface area contributed by atoms with E-state index in [9.17, 15) is 13.2 Å². The van der Waals surface area contributed by atoms with Crippen LogP contribution in [0.25, 0.3) is 0 Å². The molecule has 0 bridgehead atoms. The Balaban J connectivity index is 2.07. The summed E-state index contributed by atoms with van der Waals surface area (Å²) in [5, 5.41) is 8.67. The third-order valence-corrected chi connectivity index (χ3v) is 4.81. The molecule has 0 aromatic heterocycles. The van der Waals surface area contributed by atoms with Gasteiger partial charge in [-0.15, -0.1) is 0 Å². The van der Waals surface area contributed by atoms with Gasteiger partial charge in [-0.1, -0.05) is 30.3 Å². The number of rotatable bonds is 6. The van der Waals surface area contributed by atoms with Crippen molar-refractivity contribution in [3.05, 3.63) is 35.9 Å². The molecule has 0 spiro atoms. The van der Waals surface area contributed by atoms with Crippen LogP contribution in [-0.4, -0.2) is 30.8 Å². The van der Waals surface area contributed by atoms with E-state index in [1.807, 2.05) is 6.07 Å². The van der Waals surface area contributed by atoms with E-state index in [0.29, 0.717) is 12.8 Å². The lowest BCUT2D eigenvalue weighted by atomic mass is 10.1. The molecule has 6 heteroatoms. The Labute approximate surface area is 106 Å². The molecule has 1 aromatic carbocycles. The van der Waals surface area contributed by atoms with E-state index in [1.54, 1.807) is 24.3 Å². The van der Waals surface area contributed by atoms with Crippen molar-refractivity contribution in [3.8, 4) is 0 Å². The molecule has 1 aliphatic rings. The highest BCUT2D eigenvalue weighted by atomic mass is 32.2. The fraction of sp³-hybridized carbons (Fsp3) is 0.417. The lowest BCUT2D eigenvalue weighted by Gasteiger charge is -2.14. The van der Waals surface area contributed by atoms with E-state index in [-0.39, 0.29) is 6.42 Å². The monoisotopic (exact) mass is 269 g/mol. The van der Waals surface area contributed by atoms with E-state index < -0.39 is 27.3 Å². The summed E-state index contributed by atoms with van der Waals surface area (Å²) in [7, 11) is -3.48. The van der Waals surface area contributed by atoms with Crippen molar-refractivity contribution in [2.75, 3.05) is 0 Å². The van der Waals surface area contributed by atoms with Gasteiger partial charge in [0.05, 0.1) is 5.25 Å². The Kier molecular flexibility index (Phi) is 3.68. The van der Waals surface area contributed by atoms with Gasteiger partial charge in [0.25, 0.3) is 0 Å². The molecule has 0 unspecified atom stereocenters. The summed E-state index contributed by atoms with van der Waals surface area (Å²) < 4.78 is 25.7. The third kappa shape index (κ3) is 3.30. The van der Waals surface area contributed by atoms with Crippen LogP contribution in [-0.2, 0) is 21.2 Å². The van der Waals surface area contributed by atoms with Crippen LogP contribution < -0.4 is 4.72 Å². The molecule has 1 aromatic rings. The average molecular weight is 269 g/mol. The topological polar surface area (TPSA) is 83.5 Å². The Morgan fingerprint density at radius 1 is 1.33 bits per heavy atom. The molecular formula is C12H15NO4S. The van der Waals surface area contributed by atoms with Gasteiger partial charge in [-0.05, 0) is 24.8 Å². The minimum atomic E-state index is -3.48. The van der Waals surface area contributed by atoms with Crippen molar-refractivity contribution < 1.29 is 18.3 Å². The Bertz CT molecular complexity index is 522. The molecule has 0 radical (unpaired) electrons. The minimum Gasteiger partial charge on any atom is -0.480 e. The number of aliphatic carboxylic acids is 1. The van der Waals surface area contributed by atoms with Crippen LogP contribution in [0.15, 0.2) is 30.3 Å². The predicted molar refractivity (Wildman–Crippen MR) is 66.6 cm³/mol. The van der Waals surface area contributed by atoms with Gasteiger partial charge in [0.2, 0.25) is 10.0 Å². The van der Waals surface area contributed by atoms with Gasteiger partial charge in [-0.2, -0.15) is 0 Å². The molecule has 2 N–H and O–H groups in total. The molecule has 1 aliphatic carbocycles. The molecule has 5 nitrogen and oxygen atoms in total. The standard InChI is InChI=1S/C12H15NO4S/c14-12(15)11(8-9-4-2-1-3-5-9)13-18(16,17)10-6-7-10/h1-5,10-11,13H,6-8H2,(H,14,15)/t11-/m1/s1. The van der Waals surface area contributed by atoms with Crippen LogP contribution in [0.1, 0.15) is 18.4 Å². The number of carboxylic acids is 1. The molecule has 98 valence electrons. The number of sulfonamides is 1. The van der Waals surface area contributed by atoms with Crippen LogP contribution in [0.2, 0.25) is 0 Å². The second-order valence-corrected chi connectivity index (χ2v) is 6.44. The largest absolute Gasteiger partial charge is 0.480 e. The van der Waals surface area contributed by atoms with Crippen molar-refractivity contribution in [1.82, 2.24) is 4.72 Å². The lowest BCUT2D eigenvalue weighted by Crippen LogP contribution is -2.43. The van der Waals surface area contributed by atoms with Crippen molar-refractivity contribution in [1.29, 1.82) is 0 Å². The summed E-state index contributed by atoms with van der Waals surface area (Å²) in [5.74, 6) is -1.15. The Morgan fingerprint density at radius 2 is 1.94 bits per heavy atom. The van der Waals surface area contributed by atoms with E-state index in [2.05, 4.69) is 4.72 Å². The van der Waals surface area contributed by atoms with E-state index in [0.717, 1.165) is 5.56 Å². The van der Waals surface area contributed by atoms with Gasteiger partial charge < -0.3 is 5.11 Å². The first-order valence-corrected chi connectivity index (χ1v) is 7.31. The number of hydrogen-bond acceptors (Lipinski definition) is 3. The smallest absolute Gasteiger partial charge is 0.322 e. The zero-order chi connectivity index (χ0) is 13.2. The first-order chi connectivity index (χ1) is 8.49. The third-order valence-electron chi connectivity index (χ3n) is 2.85. The number of carbonyl (C=O) groups is 1. The van der Waals surface area contributed by atoms with Crippen LogP contribution in [0.5, 0.6) is 0 Å². The maximum atomic E-state index is 11.7. The lowest BCUT2D eigenvalue weighted by molar-refractivity contribution is -0.138. The van der Waals surface area contributed by atoms with Crippen LogP contribution >= 0.6 is 0 Å². The molecule has 1 saturated carbocycles. The van der Waals surface area contributed by atoms with Gasteiger partial charge in [-0.25, -0.2) is 13.1 Å². The average Bonchev–Trinajstić information content (AvgIpc) is 3.13. The molecule has 0 heterocycles. The molecule has 0 saturated heterocycles. The first kappa shape index (κ1) is 13.0.